The first kappa shape index (κ1) is 18.9. The normalized spacial score (nSPS) is 10.8. The fourth-order valence-electron chi connectivity index (χ4n) is 2.23. The van der Waals surface area contributed by atoms with Crippen molar-refractivity contribution in [3.8, 4) is 5.69 Å². The fraction of sp³-hybridized carbons (Fsp3) is 0.118. The molecule has 0 unspecified atom stereocenters. The molecule has 1 N–H and O–H groups in total. The lowest BCUT2D eigenvalue weighted by Crippen LogP contribution is -2.15. The molecular formula is C17H13BrClFN4OS. The van der Waals surface area contributed by atoms with Gasteiger partial charge >= 0.3 is 0 Å². The van der Waals surface area contributed by atoms with Crippen molar-refractivity contribution >= 4 is 50.9 Å². The molecule has 1 amide bonds. The van der Waals surface area contributed by atoms with Gasteiger partial charge in [0, 0.05) is 10.2 Å². The largest absolute Gasteiger partial charge is 0.324 e. The predicted octanol–water partition coefficient (Wildman–Crippen LogP) is 4.86. The zero-order valence-electron chi connectivity index (χ0n) is 13.5. The fourth-order valence-corrected chi connectivity index (χ4v) is 3.75. The van der Waals surface area contributed by atoms with Crippen molar-refractivity contribution in [3.63, 3.8) is 0 Å². The van der Waals surface area contributed by atoms with Gasteiger partial charge < -0.3 is 5.32 Å². The van der Waals surface area contributed by atoms with Gasteiger partial charge in [0.15, 0.2) is 5.16 Å². The highest BCUT2D eigenvalue weighted by molar-refractivity contribution is 9.10. The molecule has 3 aromatic rings. The van der Waals surface area contributed by atoms with Crippen molar-refractivity contribution in [2.24, 2.45) is 0 Å². The summed E-state index contributed by atoms with van der Waals surface area (Å²) >= 11 is 10.7. The Kier molecular flexibility index (Phi) is 5.95. The molecule has 0 spiro atoms. The Morgan fingerprint density at radius 1 is 1.27 bits per heavy atom. The average molecular weight is 456 g/mol. The summed E-state index contributed by atoms with van der Waals surface area (Å²) in [4.78, 5) is 12.2. The molecule has 3 rings (SSSR count). The number of aromatic nitrogens is 3. The molecule has 0 aliphatic carbocycles. The van der Waals surface area contributed by atoms with Crippen LogP contribution >= 0.6 is 39.3 Å². The molecule has 0 fully saturated rings. The van der Waals surface area contributed by atoms with Crippen LogP contribution in [0.3, 0.4) is 0 Å². The Labute approximate surface area is 167 Å². The van der Waals surface area contributed by atoms with Gasteiger partial charge in [0.2, 0.25) is 5.91 Å². The van der Waals surface area contributed by atoms with Crippen LogP contribution in [0.5, 0.6) is 0 Å². The summed E-state index contributed by atoms with van der Waals surface area (Å²) in [6.45, 7) is 1.79. The molecule has 0 radical (unpaired) electrons. The van der Waals surface area contributed by atoms with Crippen LogP contribution in [0.1, 0.15) is 5.82 Å². The molecular weight excluding hydrogens is 443 g/mol. The maximum atomic E-state index is 13.1. The van der Waals surface area contributed by atoms with Crippen molar-refractivity contribution in [1.82, 2.24) is 14.8 Å². The molecule has 1 heterocycles. The molecule has 134 valence electrons. The lowest BCUT2D eigenvalue weighted by Gasteiger charge is -2.09. The van der Waals surface area contributed by atoms with Crippen LogP contribution in [0.4, 0.5) is 10.1 Å². The zero-order valence-corrected chi connectivity index (χ0v) is 16.7. The van der Waals surface area contributed by atoms with Crippen LogP contribution in [-0.2, 0) is 4.79 Å². The number of thioether (sulfide) groups is 1. The average Bonchev–Trinajstić information content (AvgIpc) is 2.97. The molecule has 0 atom stereocenters. The Morgan fingerprint density at radius 2 is 2.00 bits per heavy atom. The van der Waals surface area contributed by atoms with Gasteiger partial charge in [-0.25, -0.2) is 4.39 Å². The Bertz CT molecular complexity index is 948. The van der Waals surface area contributed by atoms with E-state index in [-0.39, 0.29) is 17.5 Å². The minimum Gasteiger partial charge on any atom is -0.324 e. The van der Waals surface area contributed by atoms with Crippen molar-refractivity contribution in [3.05, 3.63) is 63.6 Å². The first-order valence-corrected chi connectivity index (χ1v) is 9.65. The highest BCUT2D eigenvalue weighted by atomic mass is 79.9. The molecule has 0 aliphatic rings. The molecule has 1 aromatic heterocycles. The van der Waals surface area contributed by atoms with E-state index in [4.69, 9.17) is 11.6 Å². The minimum absolute atomic E-state index is 0.131. The molecule has 0 bridgehead atoms. The Morgan fingerprint density at radius 3 is 2.69 bits per heavy atom. The van der Waals surface area contributed by atoms with Gasteiger partial charge in [-0.2, -0.15) is 0 Å². The third-order valence-corrected chi connectivity index (χ3v) is 5.15. The van der Waals surface area contributed by atoms with E-state index in [1.165, 1.54) is 23.9 Å². The zero-order chi connectivity index (χ0) is 18.7. The summed E-state index contributed by atoms with van der Waals surface area (Å²) in [5.41, 5.74) is 1.27. The van der Waals surface area contributed by atoms with E-state index in [1.54, 1.807) is 41.8 Å². The van der Waals surface area contributed by atoms with E-state index in [0.29, 0.717) is 21.7 Å². The lowest BCUT2D eigenvalue weighted by atomic mass is 10.3. The summed E-state index contributed by atoms with van der Waals surface area (Å²) in [7, 11) is 0. The highest BCUT2D eigenvalue weighted by Gasteiger charge is 2.14. The quantitative estimate of drug-likeness (QED) is 0.558. The summed E-state index contributed by atoms with van der Waals surface area (Å²) in [6, 6.07) is 11.2. The van der Waals surface area contributed by atoms with Gasteiger partial charge in [-0.05, 0) is 49.4 Å². The lowest BCUT2D eigenvalue weighted by molar-refractivity contribution is -0.113. The third kappa shape index (κ3) is 4.44. The number of carbonyl (C=O) groups is 1. The highest BCUT2D eigenvalue weighted by Crippen LogP contribution is 2.26. The van der Waals surface area contributed by atoms with E-state index < -0.39 is 0 Å². The van der Waals surface area contributed by atoms with E-state index in [0.717, 1.165) is 10.2 Å². The molecule has 5 nitrogen and oxygen atoms in total. The molecule has 9 heteroatoms. The SMILES string of the molecule is Cc1nnc(SCC(=O)Nc2ccc(Br)cc2Cl)n1-c1ccc(F)cc1. The van der Waals surface area contributed by atoms with Crippen molar-refractivity contribution in [1.29, 1.82) is 0 Å². The number of hydrogen-bond acceptors (Lipinski definition) is 4. The molecule has 26 heavy (non-hydrogen) atoms. The number of aryl methyl sites for hydroxylation is 1. The number of carbonyl (C=O) groups excluding carboxylic acids is 1. The van der Waals surface area contributed by atoms with Crippen molar-refractivity contribution < 1.29 is 9.18 Å². The number of nitrogens with zero attached hydrogens (tertiary/aromatic N) is 3. The van der Waals surface area contributed by atoms with Gasteiger partial charge in [-0.15, -0.1) is 10.2 Å². The van der Waals surface area contributed by atoms with Crippen LogP contribution in [-0.4, -0.2) is 26.4 Å². The Hall–Kier alpha value is -1.90. The number of halogens is 3. The van der Waals surface area contributed by atoms with Crippen LogP contribution < -0.4 is 5.32 Å². The van der Waals surface area contributed by atoms with Crippen LogP contribution in [0.2, 0.25) is 5.02 Å². The van der Waals surface area contributed by atoms with E-state index in [2.05, 4.69) is 31.4 Å². The van der Waals surface area contributed by atoms with Gasteiger partial charge in [0.1, 0.15) is 11.6 Å². The summed E-state index contributed by atoms with van der Waals surface area (Å²) in [5, 5.41) is 11.9. The second kappa shape index (κ2) is 8.20. The number of rotatable bonds is 5. The standard InChI is InChI=1S/C17H13BrClFN4OS/c1-10-22-23-17(24(10)13-5-3-12(20)4-6-13)26-9-16(25)21-15-7-2-11(18)8-14(15)19/h2-8H,9H2,1H3,(H,21,25). The van der Waals surface area contributed by atoms with Gasteiger partial charge in [-0.1, -0.05) is 39.3 Å². The smallest absolute Gasteiger partial charge is 0.234 e. The van der Waals surface area contributed by atoms with Crippen LogP contribution in [0.25, 0.3) is 5.69 Å². The summed E-state index contributed by atoms with van der Waals surface area (Å²) in [6.07, 6.45) is 0. The monoisotopic (exact) mass is 454 g/mol. The number of benzene rings is 2. The van der Waals surface area contributed by atoms with Gasteiger partial charge in [0.05, 0.1) is 16.5 Å². The van der Waals surface area contributed by atoms with Gasteiger partial charge in [0.25, 0.3) is 0 Å². The molecule has 0 saturated carbocycles. The predicted molar refractivity (Wildman–Crippen MR) is 105 cm³/mol. The maximum Gasteiger partial charge on any atom is 0.234 e. The molecule has 0 saturated heterocycles. The first-order chi connectivity index (χ1) is 12.4. The topological polar surface area (TPSA) is 59.8 Å². The summed E-state index contributed by atoms with van der Waals surface area (Å²) in [5.74, 6) is 0.242. The number of nitrogens with one attached hydrogen (secondary N) is 1. The summed E-state index contributed by atoms with van der Waals surface area (Å²) < 4.78 is 15.7. The van der Waals surface area contributed by atoms with E-state index in [1.807, 2.05) is 0 Å². The molecule has 0 aliphatic heterocycles. The number of hydrogen-bond donors (Lipinski definition) is 1. The van der Waals surface area contributed by atoms with Crippen LogP contribution in [0, 0.1) is 12.7 Å². The first-order valence-electron chi connectivity index (χ1n) is 7.49. The Balaban J connectivity index is 1.70. The minimum atomic E-state index is -0.320. The molecule has 2 aromatic carbocycles. The van der Waals surface area contributed by atoms with Crippen LogP contribution in [0.15, 0.2) is 52.1 Å². The number of amides is 1. The number of anilines is 1. The van der Waals surface area contributed by atoms with Gasteiger partial charge in [-0.3, -0.25) is 9.36 Å². The second-order valence-corrected chi connectivity index (χ2v) is 7.57. The maximum absolute atomic E-state index is 13.1. The van der Waals surface area contributed by atoms with Crippen molar-refractivity contribution in [2.45, 2.75) is 12.1 Å². The van der Waals surface area contributed by atoms with Crippen molar-refractivity contribution in [2.75, 3.05) is 11.1 Å². The second-order valence-electron chi connectivity index (χ2n) is 5.30. The van der Waals surface area contributed by atoms with E-state index >= 15 is 0 Å². The third-order valence-electron chi connectivity index (χ3n) is 3.42. The van der Waals surface area contributed by atoms with E-state index in [9.17, 15) is 9.18 Å².